The Hall–Kier alpha value is -3.60. The molecule has 0 spiro atoms. The van der Waals surface area contributed by atoms with Crippen LogP contribution in [-0.4, -0.2) is 24.8 Å². The van der Waals surface area contributed by atoms with Gasteiger partial charge in [0.25, 0.3) is 5.91 Å². The third-order valence-electron chi connectivity index (χ3n) is 4.76. The lowest BCUT2D eigenvalue weighted by atomic mass is 9.99. The predicted octanol–water partition coefficient (Wildman–Crippen LogP) is 4.34. The Morgan fingerprint density at radius 3 is 2.07 bits per heavy atom. The number of cyclic esters (lactones) is 2. The molecule has 0 aliphatic carbocycles. The third-order valence-corrected chi connectivity index (χ3v) is 4.76. The quantitative estimate of drug-likeness (QED) is 0.639. The zero-order valence-corrected chi connectivity index (χ0v) is 15.8. The number of benzene rings is 3. The van der Waals surface area contributed by atoms with Crippen molar-refractivity contribution >= 4 is 17.7 Å². The number of rotatable bonds is 6. The van der Waals surface area contributed by atoms with E-state index >= 15 is 0 Å². The molecule has 3 aromatic rings. The summed E-state index contributed by atoms with van der Waals surface area (Å²) in [5.74, 6) is -0.391. The number of carbonyl (C=O) groups is 2. The number of carbonyl (C=O) groups excluding carboxylic acids is 2. The third kappa shape index (κ3) is 5.02. The van der Waals surface area contributed by atoms with Crippen LogP contribution in [0.2, 0.25) is 0 Å². The van der Waals surface area contributed by atoms with E-state index < -0.39 is 18.2 Å². The number of ether oxygens (including phenoxy) is 2. The Labute approximate surface area is 169 Å². The molecule has 1 heterocycles. The first-order valence-electron chi connectivity index (χ1n) is 9.51. The van der Waals surface area contributed by atoms with Crippen LogP contribution in [0.3, 0.4) is 0 Å². The van der Waals surface area contributed by atoms with E-state index in [1.165, 1.54) is 16.7 Å². The summed E-state index contributed by atoms with van der Waals surface area (Å²) >= 11 is 0. The summed E-state index contributed by atoms with van der Waals surface area (Å²) in [4.78, 5) is 23.0. The van der Waals surface area contributed by atoms with Gasteiger partial charge in [0.15, 0.2) is 0 Å². The molecule has 4 rings (SSSR count). The molecule has 1 aliphatic heterocycles. The zero-order valence-electron chi connectivity index (χ0n) is 15.8. The van der Waals surface area contributed by atoms with Crippen LogP contribution in [0.4, 0.5) is 10.5 Å². The molecular formula is C24H21NO4. The van der Waals surface area contributed by atoms with Crippen LogP contribution in [0, 0.1) is 0 Å². The van der Waals surface area contributed by atoms with Crippen LogP contribution in [0.5, 0.6) is 0 Å². The smallest absolute Gasteiger partial charge is 0.430 e. The molecule has 1 aliphatic rings. The molecule has 0 aromatic heterocycles. The summed E-state index contributed by atoms with van der Waals surface area (Å²) in [5.41, 5.74) is 5.62. The van der Waals surface area contributed by atoms with E-state index in [4.69, 9.17) is 4.74 Å². The Bertz CT molecular complexity index is 999. The molecule has 0 bridgehead atoms. The van der Waals surface area contributed by atoms with Crippen LogP contribution < -0.4 is 5.32 Å². The molecule has 146 valence electrons. The van der Waals surface area contributed by atoms with Crippen molar-refractivity contribution in [3.05, 3.63) is 101 Å². The van der Waals surface area contributed by atoms with Crippen LogP contribution >= 0.6 is 0 Å². The number of hydrogen-bond donors (Lipinski definition) is 1. The fourth-order valence-corrected chi connectivity index (χ4v) is 3.30. The van der Waals surface area contributed by atoms with Gasteiger partial charge in [-0.15, -0.1) is 0 Å². The van der Waals surface area contributed by atoms with Crippen molar-refractivity contribution in [3.8, 4) is 0 Å². The highest BCUT2D eigenvalue weighted by Crippen LogP contribution is 2.17. The summed E-state index contributed by atoms with van der Waals surface area (Å²) < 4.78 is 9.41. The minimum Gasteiger partial charge on any atom is -0.430 e. The molecule has 1 amide bonds. The van der Waals surface area contributed by atoms with E-state index in [-0.39, 0.29) is 6.61 Å². The minimum atomic E-state index is -0.894. The van der Waals surface area contributed by atoms with E-state index in [1.54, 1.807) is 0 Å². The topological polar surface area (TPSA) is 64.6 Å². The van der Waals surface area contributed by atoms with Crippen LogP contribution in [-0.2, 0) is 27.1 Å². The first-order chi connectivity index (χ1) is 14.2. The average molecular weight is 387 g/mol. The summed E-state index contributed by atoms with van der Waals surface area (Å²) in [6.07, 6.45) is 0.0181. The van der Waals surface area contributed by atoms with Gasteiger partial charge in [-0.1, -0.05) is 66.7 Å². The van der Waals surface area contributed by atoms with Crippen molar-refractivity contribution in [1.29, 1.82) is 0 Å². The monoisotopic (exact) mass is 387 g/mol. The van der Waals surface area contributed by atoms with Gasteiger partial charge in [0, 0.05) is 5.69 Å². The second-order valence-corrected chi connectivity index (χ2v) is 7.01. The van der Waals surface area contributed by atoms with Gasteiger partial charge in [0.2, 0.25) is 6.10 Å². The van der Waals surface area contributed by atoms with Gasteiger partial charge in [0.05, 0.1) is 0 Å². The normalized spacial score (nSPS) is 15.4. The zero-order chi connectivity index (χ0) is 20.1. The first kappa shape index (κ1) is 18.7. The lowest BCUT2D eigenvalue weighted by Crippen LogP contribution is -2.29. The largest absolute Gasteiger partial charge is 0.509 e. The van der Waals surface area contributed by atoms with Crippen molar-refractivity contribution in [2.75, 3.05) is 11.9 Å². The molecule has 0 saturated carbocycles. The number of nitrogens with one attached hydrogen (secondary N) is 1. The number of anilines is 1. The molecule has 1 atom stereocenters. The lowest BCUT2D eigenvalue weighted by molar-refractivity contribution is -0.122. The van der Waals surface area contributed by atoms with Crippen molar-refractivity contribution in [1.82, 2.24) is 0 Å². The van der Waals surface area contributed by atoms with E-state index in [9.17, 15) is 9.59 Å². The summed E-state index contributed by atoms with van der Waals surface area (Å²) in [5, 5.41) is 2.74. The minimum absolute atomic E-state index is 0.0535. The van der Waals surface area contributed by atoms with Gasteiger partial charge in [-0.2, -0.15) is 0 Å². The highest BCUT2D eigenvalue weighted by molar-refractivity contribution is 5.95. The Morgan fingerprint density at radius 1 is 0.828 bits per heavy atom. The standard InChI is InChI=1S/C24H21NO4/c26-23(22-16-28-24(27)29-22)25-21-11-9-18(10-12-21)14-20-8-4-7-19(15-20)13-17-5-2-1-3-6-17/h1-12,15,22H,13-14,16H2,(H,25,26). The van der Waals surface area contributed by atoms with Gasteiger partial charge < -0.3 is 14.8 Å². The first-order valence-corrected chi connectivity index (χ1v) is 9.51. The maximum Gasteiger partial charge on any atom is 0.509 e. The van der Waals surface area contributed by atoms with E-state index in [2.05, 4.69) is 58.6 Å². The van der Waals surface area contributed by atoms with Crippen molar-refractivity contribution in [2.45, 2.75) is 18.9 Å². The SMILES string of the molecule is O=C1OCC(C(=O)Nc2ccc(Cc3cccc(Cc4ccccc4)c3)cc2)O1. The number of hydrogen-bond acceptors (Lipinski definition) is 4. The lowest BCUT2D eigenvalue weighted by Gasteiger charge is -2.10. The molecule has 1 N–H and O–H groups in total. The molecule has 29 heavy (non-hydrogen) atoms. The Morgan fingerprint density at radius 2 is 1.45 bits per heavy atom. The van der Waals surface area contributed by atoms with Crippen LogP contribution in [0.25, 0.3) is 0 Å². The molecule has 3 aromatic carbocycles. The fourth-order valence-electron chi connectivity index (χ4n) is 3.30. The summed E-state index contributed by atoms with van der Waals surface area (Å²) in [6.45, 7) is -0.0535. The highest BCUT2D eigenvalue weighted by Gasteiger charge is 2.31. The molecule has 5 nitrogen and oxygen atoms in total. The van der Waals surface area contributed by atoms with Crippen molar-refractivity contribution in [3.63, 3.8) is 0 Å². The van der Waals surface area contributed by atoms with Crippen LogP contribution in [0.15, 0.2) is 78.9 Å². The average Bonchev–Trinajstić information content (AvgIpc) is 3.17. The van der Waals surface area contributed by atoms with Crippen molar-refractivity contribution < 1.29 is 19.1 Å². The van der Waals surface area contributed by atoms with E-state index in [0.29, 0.717) is 5.69 Å². The van der Waals surface area contributed by atoms with Crippen LogP contribution in [0.1, 0.15) is 22.3 Å². The van der Waals surface area contributed by atoms with Gasteiger partial charge in [-0.3, -0.25) is 4.79 Å². The van der Waals surface area contributed by atoms with Gasteiger partial charge in [-0.05, 0) is 47.2 Å². The maximum atomic E-state index is 12.1. The molecule has 0 radical (unpaired) electrons. The van der Waals surface area contributed by atoms with Crippen molar-refractivity contribution in [2.24, 2.45) is 0 Å². The molecule has 5 heteroatoms. The van der Waals surface area contributed by atoms with E-state index in [0.717, 1.165) is 18.4 Å². The Kier molecular flexibility index (Phi) is 5.56. The molecule has 1 fully saturated rings. The fraction of sp³-hybridized carbons (Fsp3) is 0.167. The highest BCUT2D eigenvalue weighted by atomic mass is 16.8. The second-order valence-electron chi connectivity index (χ2n) is 7.01. The maximum absolute atomic E-state index is 12.1. The van der Waals surface area contributed by atoms with E-state index in [1.807, 2.05) is 30.3 Å². The summed E-state index contributed by atoms with van der Waals surface area (Å²) in [7, 11) is 0. The molecule has 1 saturated heterocycles. The molecular weight excluding hydrogens is 366 g/mol. The van der Waals surface area contributed by atoms with Gasteiger partial charge in [-0.25, -0.2) is 4.79 Å². The van der Waals surface area contributed by atoms with Gasteiger partial charge >= 0.3 is 6.16 Å². The Balaban J connectivity index is 1.37. The second kappa shape index (κ2) is 8.61. The predicted molar refractivity (Wildman–Crippen MR) is 110 cm³/mol. The summed E-state index contributed by atoms with van der Waals surface area (Å²) in [6, 6.07) is 26.7. The van der Waals surface area contributed by atoms with Gasteiger partial charge in [0.1, 0.15) is 6.61 Å². The molecule has 1 unspecified atom stereocenters. The number of amides is 1.